The van der Waals surface area contributed by atoms with Crippen LogP contribution in [0.15, 0.2) is 35.4 Å². The molecule has 1 aliphatic carbocycles. The average Bonchev–Trinajstić information content (AvgIpc) is 2.74. The van der Waals surface area contributed by atoms with Crippen molar-refractivity contribution >= 4 is 23.3 Å². The number of amides is 1. The van der Waals surface area contributed by atoms with Gasteiger partial charge in [-0.1, -0.05) is 0 Å². The number of aromatic hydroxyl groups is 1. The molecule has 0 radical (unpaired) electrons. The maximum atomic E-state index is 12.9. The summed E-state index contributed by atoms with van der Waals surface area (Å²) in [6, 6.07) is 8.60. The number of rotatable bonds is 8. The van der Waals surface area contributed by atoms with E-state index in [0.717, 1.165) is 30.4 Å². The summed E-state index contributed by atoms with van der Waals surface area (Å²) in [5.74, 6) is 0.343. The lowest BCUT2D eigenvalue weighted by Gasteiger charge is -2.34. The van der Waals surface area contributed by atoms with Gasteiger partial charge in [0.15, 0.2) is 0 Å². The molecule has 3 rings (SSSR count). The summed E-state index contributed by atoms with van der Waals surface area (Å²) in [7, 11) is 1.77. The molecular formula is C25H31N3O5. The lowest BCUT2D eigenvalue weighted by atomic mass is 9.91. The lowest BCUT2D eigenvalue weighted by Crippen LogP contribution is -2.41. The topological polar surface area (TPSA) is 100 Å². The van der Waals surface area contributed by atoms with Gasteiger partial charge in [-0.05, 0) is 88.4 Å². The van der Waals surface area contributed by atoms with Gasteiger partial charge in [-0.15, -0.1) is 0 Å². The first-order valence-electron chi connectivity index (χ1n) is 11.1. The average molecular weight is 454 g/mol. The lowest BCUT2D eigenvalue weighted by molar-refractivity contribution is -0.135. The van der Waals surface area contributed by atoms with Crippen molar-refractivity contribution in [2.24, 2.45) is 5.10 Å². The summed E-state index contributed by atoms with van der Waals surface area (Å²) in [4.78, 5) is 26.2. The third-order valence-electron chi connectivity index (χ3n) is 5.74. The number of phenolic OH excluding ortho intramolecular Hbond substituents is 1. The number of aryl methyl sites for hydroxylation is 2. The van der Waals surface area contributed by atoms with E-state index in [1.807, 2.05) is 26.0 Å². The van der Waals surface area contributed by atoms with Crippen LogP contribution in [0.1, 0.15) is 54.6 Å². The Labute approximate surface area is 194 Å². The van der Waals surface area contributed by atoms with Crippen LogP contribution in [0.3, 0.4) is 0 Å². The number of esters is 1. The Balaban J connectivity index is 1.77. The van der Waals surface area contributed by atoms with Crippen molar-refractivity contribution < 1.29 is 24.2 Å². The number of phenols is 1. The van der Waals surface area contributed by atoms with Gasteiger partial charge in [0.1, 0.15) is 23.0 Å². The molecule has 176 valence electrons. The van der Waals surface area contributed by atoms with Crippen LogP contribution in [0.4, 0.5) is 5.69 Å². The molecule has 8 heteroatoms. The van der Waals surface area contributed by atoms with E-state index in [1.165, 1.54) is 6.07 Å². The number of hydrazone groups is 1. The van der Waals surface area contributed by atoms with Gasteiger partial charge in [-0.25, -0.2) is 4.79 Å². The molecule has 0 spiro atoms. The van der Waals surface area contributed by atoms with Crippen LogP contribution in [0, 0.1) is 13.8 Å². The summed E-state index contributed by atoms with van der Waals surface area (Å²) in [5.41, 5.74) is 5.70. The second-order valence-corrected chi connectivity index (χ2v) is 8.25. The monoisotopic (exact) mass is 453 g/mol. The molecule has 0 atom stereocenters. The first-order valence-corrected chi connectivity index (χ1v) is 11.1. The van der Waals surface area contributed by atoms with Crippen molar-refractivity contribution in [2.45, 2.75) is 53.0 Å². The number of anilines is 1. The molecule has 0 saturated heterocycles. The molecule has 1 aliphatic rings. The fourth-order valence-electron chi connectivity index (χ4n) is 3.60. The van der Waals surface area contributed by atoms with Gasteiger partial charge in [0.25, 0.3) is 5.91 Å². The van der Waals surface area contributed by atoms with Gasteiger partial charge >= 0.3 is 5.97 Å². The third kappa shape index (κ3) is 5.63. The number of nitrogens with one attached hydrogen (secondary N) is 1. The highest BCUT2D eigenvalue weighted by Gasteiger charge is 2.28. The summed E-state index contributed by atoms with van der Waals surface area (Å²) in [5, 5.41) is 14.3. The molecule has 1 saturated carbocycles. The standard InChI is InChI=1S/C25H31N3O5/c1-6-32-25(31)17(4)26-27-18-12-15(2)23(16(3)13-18)33-20-10-11-22(29)21(14-20)24(30)28(5)19-8-7-9-19/h10-14,19,27,29H,6-9H2,1-5H3/b26-17-. The van der Waals surface area contributed by atoms with E-state index in [2.05, 4.69) is 10.5 Å². The highest BCUT2D eigenvalue weighted by atomic mass is 16.5. The van der Waals surface area contributed by atoms with Crippen molar-refractivity contribution in [3.05, 3.63) is 47.0 Å². The molecule has 2 N–H and O–H groups in total. The quantitative estimate of drug-likeness (QED) is 0.339. The second-order valence-electron chi connectivity index (χ2n) is 8.25. The Morgan fingerprint density at radius 2 is 1.85 bits per heavy atom. The van der Waals surface area contributed by atoms with E-state index >= 15 is 0 Å². The Hall–Kier alpha value is -3.55. The van der Waals surface area contributed by atoms with Gasteiger partial charge in [0.2, 0.25) is 0 Å². The molecule has 2 aromatic carbocycles. The zero-order chi connectivity index (χ0) is 24.1. The summed E-state index contributed by atoms with van der Waals surface area (Å²) in [6.45, 7) is 7.40. The van der Waals surface area contributed by atoms with E-state index in [0.29, 0.717) is 17.2 Å². The molecule has 1 fully saturated rings. The molecule has 8 nitrogen and oxygen atoms in total. The van der Waals surface area contributed by atoms with Crippen molar-refractivity contribution in [3.8, 4) is 17.2 Å². The molecule has 0 unspecified atom stereocenters. The van der Waals surface area contributed by atoms with Crippen molar-refractivity contribution in [2.75, 3.05) is 19.1 Å². The Morgan fingerprint density at radius 3 is 2.42 bits per heavy atom. The Kier molecular flexibility index (Phi) is 7.58. The van der Waals surface area contributed by atoms with E-state index in [9.17, 15) is 14.7 Å². The van der Waals surface area contributed by atoms with Gasteiger partial charge in [-0.3, -0.25) is 10.2 Å². The summed E-state index contributed by atoms with van der Waals surface area (Å²) >= 11 is 0. The molecule has 0 aliphatic heterocycles. The van der Waals surface area contributed by atoms with Crippen LogP contribution in [0.2, 0.25) is 0 Å². The van der Waals surface area contributed by atoms with Crippen LogP contribution in [-0.2, 0) is 9.53 Å². The highest BCUT2D eigenvalue weighted by Crippen LogP contribution is 2.34. The molecule has 0 aromatic heterocycles. The largest absolute Gasteiger partial charge is 0.507 e. The number of hydrogen-bond acceptors (Lipinski definition) is 7. The first kappa shape index (κ1) is 24.1. The Bertz CT molecular complexity index is 1050. The summed E-state index contributed by atoms with van der Waals surface area (Å²) < 4.78 is 11.0. The predicted molar refractivity (Wildman–Crippen MR) is 127 cm³/mol. The van der Waals surface area contributed by atoms with Gasteiger partial charge in [0, 0.05) is 13.1 Å². The SMILES string of the molecule is CCOC(=O)/C(C)=N\Nc1cc(C)c(Oc2ccc(O)c(C(=O)N(C)C3CCC3)c2)c(C)c1. The highest BCUT2D eigenvalue weighted by molar-refractivity contribution is 6.35. The molecule has 0 heterocycles. The maximum absolute atomic E-state index is 12.9. The molecular weight excluding hydrogens is 422 g/mol. The minimum Gasteiger partial charge on any atom is -0.507 e. The van der Waals surface area contributed by atoms with E-state index < -0.39 is 5.97 Å². The van der Waals surface area contributed by atoms with Crippen LogP contribution in [0.25, 0.3) is 0 Å². The van der Waals surface area contributed by atoms with Crippen LogP contribution in [0.5, 0.6) is 17.2 Å². The maximum Gasteiger partial charge on any atom is 0.354 e. The number of hydrogen-bond donors (Lipinski definition) is 2. The van der Waals surface area contributed by atoms with Crippen LogP contribution >= 0.6 is 0 Å². The molecule has 2 aromatic rings. The van der Waals surface area contributed by atoms with Crippen molar-refractivity contribution in [3.63, 3.8) is 0 Å². The predicted octanol–water partition coefficient (Wildman–Crippen LogP) is 4.78. The summed E-state index contributed by atoms with van der Waals surface area (Å²) in [6.07, 6.45) is 3.09. The zero-order valence-corrected chi connectivity index (χ0v) is 19.8. The van der Waals surface area contributed by atoms with Crippen molar-refractivity contribution in [1.29, 1.82) is 0 Å². The van der Waals surface area contributed by atoms with Gasteiger partial charge < -0.3 is 19.5 Å². The zero-order valence-electron chi connectivity index (χ0n) is 19.8. The number of carbonyl (C=O) groups is 2. The van der Waals surface area contributed by atoms with Gasteiger partial charge in [0.05, 0.1) is 17.9 Å². The second kappa shape index (κ2) is 10.4. The fraction of sp³-hybridized carbons (Fsp3) is 0.400. The van der Waals surface area contributed by atoms with Crippen molar-refractivity contribution in [1.82, 2.24) is 4.90 Å². The van der Waals surface area contributed by atoms with E-state index in [-0.39, 0.29) is 35.6 Å². The minimum atomic E-state index is -0.473. The minimum absolute atomic E-state index is 0.0682. The Morgan fingerprint density at radius 1 is 1.18 bits per heavy atom. The molecule has 1 amide bonds. The van der Waals surface area contributed by atoms with Crippen LogP contribution in [-0.4, -0.2) is 47.3 Å². The first-order chi connectivity index (χ1) is 15.7. The van der Waals surface area contributed by atoms with E-state index in [1.54, 1.807) is 37.9 Å². The van der Waals surface area contributed by atoms with E-state index in [4.69, 9.17) is 9.47 Å². The smallest absolute Gasteiger partial charge is 0.354 e. The fourth-order valence-corrected chi connectivity index (χ4v) is 3.60. The number of ether oxygens (including phenoxy) is 2. The third-order valence-corrected chi connectivity index (χ3v) is 5.74. The number of carbonyl (C=O) groups excluding carboxylic acids is 2. The number of nitrogens with zero attached hydrogens (tertiary/aromatic N) is 2. The molecule has 33 heavy (non-hydrogen) atoms. The number of benzene rings is 2. The molecule has 0 bridgehead atoms. The van der Waals surface area contributed by atoms with Gasteiger partial charge in [-0.2, -0.15) is 5.10 Å². The van der Waals surface area contributed by atoms with Crippen LogP contribution < -0.4 is 10.2 Å². The normalized spacial score (nSPS) is 13.8.